The Morgan fingerprint density at radius 1 is 0.976 bits per heavy atom. The van der Waals surface area contributed by atoms with Gasteiger partial charge in [-0.2, -0.15) is 0 Å². The molecule has 0 fully saturated rings. The standard InChI is InChI=1S/C35H38N4O2/c1-39(33-16-11-15-32-31(33)25-37-35(38-32)28-14-12-20-36-24-28)30-22-27-19-18-26(21-29(27)23-30)13-9-7-5-3-4-6-8-10-17-34(40)41-2/h11-12,14-16,18-21,24-25,30H,3-8,10,17,22-23H2,1-2H3. The van der Waals surface area contributed by atoms with Gasteiger partial charge in [0.2, 0.25) is 0 Å². The highest BCUT2D eigenvalue weighted by atomic mass is 16.5. The van der Waals surface area contributed by atoms with Crippen molar-refractivity contribution in [3.05, 3.63) is 83.8 Å². The number of benzene rings is 2. The number of ether oxygens (including phenoxy) is 1. The smallest absolute Gasteiger partial charge is 0.305 e. The highest BCUT2D eigenvalue weighted by Crippen LogP contribution is 2.32. The molecule has 0 radical (unpaired) electrons. The molecule has 0 saturated heterocycles. The van der Waals surface area contributed by atoms with E-state index < -0.39 is 0 Å². The van der Waals surface area contributed by atoms with E-state index in [9.17, 15) is 4.79 Å². The largest absolute Gasteiger partial charge is 0.469 e. The van der Waals surface area contributed by atoms with E-state index in [0.717, 1.165) is 66.2 Å². The Balaban J connectivity index is 1.14. The first-order valence-corrected chi connectivity index (χ1v) is 14.7. The SMILES string of the molecule is COC(=O)CCCCCCCCC#Cc1ccc2c(c1)CC(N(C)c1cccc3nc(-c4cccnc4)ncc13)C2. The predicted octanol–water partition coefficient (Wildman–Crippen LogP) is 6.94. The molecule has 210 valence electrons. The molecule has 0 spiro atoms. The zero-order valence-corrected chi connectivity index (χ0v) is 24.1. The van der Waals surface area contributed by atoms with E-state index in [4.69, 9.17) is 4.98 Å². The molecule has 2 aromatic heterocycles. The fourth-order valence-corrected chi connectivity index (χ4v) is 5.58. The Labute approximate surface area is 243 Å². The summed E-state index contributed by atoms with van der Waals surface area (Å²) in [5.41, 5.74) is 6.93. The summed E-state index contributed by atoms with van der Waals surface area (Å²) in [6.45, 7) is 0. The Hall–Kier alpha value is -4.24. The highest BCUT2D eigenvalue weighted by Gasteiger charge is 2.26. The number of likely N-dealkylation sites (N-methyl/N-ethyl adjacent to an activating group) is 1. The summed E-state index contributed by atoms with van der Waals surface area (Å²) in [6.07, 6.45) is 15.7. The average molecular weight is 547 g/mol. The van der Waals surface area contributed by atoms with E-state index in [-0.39, 0.29) is 5.97 Å². The number of fused-ring (bicyclic) bond motifs is 2. The summed E-state index contributed by atoms with van der Waals surface area (Å²) < 4.78 is 4.68. The van der Waals surface area contributed by atoms with E-state index >= 15 is 0 Å². The van der Waals surface area contributed by atoms with Crippen LogP contribution in [-0.2, 0) is 22.4 Å². The van der Waals surface area contributed by atoms with Crippen molar-refractivity contribution in [2.45, 2.75) is 70.3 Å². The number of hydrogen-bond donors (Lipinski definition) is 0. The molecule has 2 aromatic carbocycles. The van der Waals surface area contributed by atoms with Crippen molar-refractivity contribution in [2.75, 3.05) is 19.1 Å². The molecule has 1 unspecified atom stereocenters. The number of esters is 1. The van der Waals surface area contributed by atoms with Gasteiger partial charge in [-0.15, -0.1) is 0 Å². The van der Waals surface area contributed by atoms with Gasteiger partial charge in [-0.05, 0) is 73.2 Å². The molecule has 0 aliphatic heterocycles. The lowest BCUT2D eigenvalue weighted by molar-refractivity contribution is -0.140. The van der Waals surface area contributed by atoms with Crippen molar-refractivity contribution in [3.63, 3.8) is 0 Å². The second kappa shape index (κ2) is 13.9. The van der Waals surface area contributed by atoms with Crippen LogP contribution in [0.5, 0.6) is 0 Å². The van der Waals surface area contributed by atoms with Gasteiger partial charge in [-0.1, -0.05) is 49.7 Å². The third-order valence-corrected chi connectivity index (χ3v) is 7.96. The van der Waals surface area contributed by atoms with Crippen molar-refractivity contribution in [2.24, 2.45) is 0 Å². The van der Waals surface area contributed by atoms with Crippen molar-refractivity contribution in [1.29, 1.82) is 0 Å². The number of methoxy groups -OCH3 is 1. The lowest BCUT2D eigenvalue weighted by Gasteiger charge is -2.27. The quantitative estimate of drug-likeness (QED) is 0.115. The van der Waals surface area contributed by atoms with Crippen molar-refractivity contribution >= 4 is 22.6 Å². The van der Waals surface area contributed by atoms with E-state index in [1.165, 1.54) is 37.5 Å². The third kappa shape index (κ3) is 7.29. The van der Waals surface area contributed by atoms with Crippen LogP contribution in [0.2, 0.25) is 0 Å². The molecule has 0 N–H and O–H groups in total. The molecule has 0 bridgehead atoms. The lowest BCUT2D eigenvalue weighted by Crippen LogP contribution is -2.32. The van der Waals surface area contributed by atoms with Gasteiger partial charge in [0.15, 0.2) is 5.82 Å². The van der Waals surface area contributed by atoms with Crippen LogP contribution in [0.4, 0.5) is 5.69 Å². The Bertz CT molecular complexity index is 1540. The van der Waals surface area contributed by atoms with Crippen LogP contribution < -0.4 is 4.90 Å². The van der Waals surface area contributed by atoms with E-state index in [0.29, 0.717) is 18.3 Å². The molecule has 5 rings (SSSR count). The van der Waals surface area contributed by atoms with Gasteiger partial charge in [0.1, 0.15) is 0 Å². The van der Waals surface area contributed by atoms with E-state index in [1.54, 1.807) is 12.4 Å². The third-order valence-electron chi connectivity index (χ3n) is 7.96. The van der Waals surface area contributed by atoms with Crippen LogP contribution in [0, 0.1) is 11.8 Å². The first kappa shape index (κ1) is 28.3. The number of carbonyl (C=O) groups excluding carboxylic acids is 1. The van der Waals surface area contributed by atoms with Gasteiger partial charge in [0.25, 0.3) is 0 Å². The van der Waals surface area contributed by atoms with Gasteiger partial charge in [0.05, 0.1) is 12.6 Å². The number of rotatable bonds is 11. The minimum absolute atomic E-state index is 0.106. The Morgan fingerprint density at radius 3 is 2.63 bits per heavy atom. The average Bonchev–Trinajstić information content (AvgIpc) is 3.45. The van der Waals surface area contributed by atoms with Crippen molar-refractivity contribution in [3.8, 4) is 23.2 Å². The predicted molar refractivity (Wildman–Crippen MR) is 165 cm³/mol. The van der Waals surface area contributed by atoms with Crippen LogP contribution >= 0.6 is 0 Å². The van der Waals surface area contributed by atoms with Crippen LogP contribution in [0.1, 0.15) is 68.1 Å². The molecule has 1 aliphatic rings. The molecular formula is C35H38N4O2. The molecule has 41 heavy (non-hydrogen) atoms. The topological polar surface area (TPSA) is 68.2 Å². The first-order chi connectivity index (χ1) is 20.1. The maximum absolute atomic E-state index is 11.1. The maximum Gasteiger partial charge on any atom is 0.305 e. The number of pyridine rings is 1. The summed E-state index contributed by atoms with van der Waals surface area (Å²) >= 11 is 0. The molecule has 0 saturated carbocycles. The van der Waals surface area contributed by atoms with Crippen LogP contribution in [0.15, 0.2) is 67.1 Å². The molecule has 1 aliphatic carbocycles. The summed E-state index contributed by atoms with van der Waals surface area (Å²) in [5.74, 6) is 7.35. The van der Waals surface area contributed by atoms with E-state index in [2.05, 4.69) is 74.9 Å². The summed E-state index contributed by atoms with van der Waals surface area (Å²) in [5, 5.41) is 1.06. The fourth-order valence-electron chi connectivity index (χ4n) is 5.58. The molecule has 1 atom stereocenters. The molecular weight excluding hydrogens is 508 g/mol. The molecule has 0 amide bonds. The van der Waals surface area contributed by atoms with Gasteiger partial charge in [-0.3, -0.25) is 9.78 Å². The minimum Gasteiger partial charge on any atom is -0.469 e. The minimum atomic E-state index is -0.106. The highest BCUT2D eigenvalue weighted by molar-refractivity contribution is 5.92. The first-order valence-electron chi connectivity index (χ1n) is 14.7. The fraction of sp³-hybridized carbons (Fsp3) is 0.371. The van der Waals surface area contributed by atoms with Crippen LogP contribution in [0.3, 0.4) is 0 Å². The summed E-state index contributed by atoms with van der Waals surface area (Å²) in [6, 6.07) is 17.3. The Morgan fingerprint density at radius 2 is 1.80 bits per heavy atom. The zero-order chi connectivity index (χ0) is 28.4. The number of hydrogen-bond acceptors (Lipinski definition) is 6. The second-order valence-corrected chi connectivity index (χ2v) is 10.8. The summed E-state index contributed by atoms with van der Waals surface area (Å²) in [4.78, 5) is 27.2. The molecule has 6 nitrogen and oxygen atoms in total. The second-order valence-electron chi connectivity index (χ2n) is 10.8. The number of unbranched alkanes of at least 4 members (excludes halogenated alkanes) is 6. The Kier molecular flexibility index (Phi) is 9.59. The van der Waals surface area contributed by atoms with Gasteiger partial charge in [-0.25, -0.2) is 9.97 Å². The maximum atomic E-state index is 11.1. The van der Waals surface area contributed by atoms with Crippen molar-refractivity contribution in [1.82, 2.24) is 15.0 Å². The number of anilines is 1. The van der Waals surface area contributed by atoms with E-state index in [1.807, 2.05) is 18.3 Å². The monoisotopic (exact) mass is 546 g/mol. The van der Waals surface area contributed by atoms with Crippen molar-refractivity contribution < 1.29 is 9.53 Å². The summed E-state index contributed by atoms with van der Waals surface area (Å²) in [7, 11) is 3.63. The van der Waals surface area contributed by atoms with Gasteiger partial charge < -0.3 is 9.64 Å². The molecule has 4 aromatic rings. The number of carbonyl (C=O) groups is 1. The molecule has 6 heteroatoms. The van der Waals surface area contributed by atoms with Crippen LogP contribution in [-0.4, -0.2) is 41.1 Å². The number of nitrogens with zero attached hydrogens (tertiary/aromatic N) is 4. The normalized spacial score (nSPS) is 13.9. The van der Waals surface area contributed by atoms with Gasteiger partial charge >= 0.3 is 5.97 Å². The van der Waals surface area contributed by atoms with Gasteiger partial charge in [0, 0.05) is 66.7 Å². The number of aromatic nitrogens is 3. The van der Waals surface area contributed by atoms with Crippen LogP contribution in [0.25, 0.3) is 22.3 Å². The lowest BCUT2D eigenvalue weighted by atomic mass is 10.1. The zero-order valence-electron chi connectivity index (χ0n) is 24.1. The molecule has 2 heterocycles.